The Morgan fingerprint density at radius 2 is 1.84 bits per heavy atom. The van der Waals surface area contributed by atoms with E-state index >= 15 is 0 Å². The van der Waals surface area contributed by atoms with Crippen LogP contribution < -0.4 is 5.73 Å². The monoisotopic (exact) mass is 409 g/mol. The minimum Gasteiger partial charge on any atom is -0.409 e. The summed E-state index contributed by atoms with van der Waals surface area (Å²) < 4.78 is 6.86. The molecule has 0 saturated carbocycles. The molecule has 6 N–H and O–H groups in total. The van der Waals surface area contributed by atoms with Gasteiger partial charge in [-0.05, 0) is 12.1 Å². The molecule has 11 heteroatoms. The van der Waals surface area contributed by atoms with Crippen LogP contribution in [0.2, 0.25) is 15.2 Å². The molecule has 1 aliphatic heterocycles. The molecular formula is C14H14Cl3N3O5. The fraction of sp³-hybridized carbons (Fsp3) is 0.357. The molecule has 8 nitrogen and oxygen atoms in total. The Labute approximate surface area is 156 Å². The van der Waals surface area contributed by atoms with Gasteiger partial charge in [-0.2, -0.15) is 0 Å². The van der Waals surface area contributed by atoms with E-state index in [2.05, 4.69) is 5.16 Å². The van der Waals surface area contributed by atoms with Gasteiger partial charge in [0.15, 0.2) is 12.1 Å². The summed E-state index contributed by atoms with van der Waals surface area (Å²) in [7, 11) is 0. The topological polar surface area (TPSA) is 133 Å². The van der Waals surface area contributed by atoms with Gasteiger partial charge >= 0.3 is 0 Å². The lowest BCUT2D eigenvalue weighted by Crippen LogP contribution is -2.33. The Kier molecular flexibility index (Phi) is 5.04. The van der Waals surface area contributed by atoms with Gasteiger partial charge < -0.3 is 35.6 Å². The van der Waals surface area contributed by atoms with Crippen molar-refractivity contribution in [1.29, 1.82) is 0 Å². The zero-order chi connectivity index (χ0) is 18.5. The number of oxime groups is 1. The predicted octanol–water partition coefficient (Wildman–Crippen LogP) is 1.31. The van der Waals surface area contributed by atoms with Crippen molar-refractivity contribution in [2.75, 3.05) is 6.61 Å². The molecule has 1 saturated heterocycles. The van der Waals surface area contributed by atoms with Crippen molar-refractivity contribution in [3.63, 3.8) is 0 Å². The first-order chi connectivity index (χ1) is 11.8. The molecule has 0 unspecified atom stereocenters. The number of aromatic nitrogens is 1. The minimum atomic E-state index is -1.38. The van der Waals surface area contributed by atoms with E-state index in [-0.39, 0.29) is 26.6 Å². The van der Waals surface area contributed by atoms with Crippen LogP contribution in [0.1, 0.15) is 11.8 Å². The van der Waals surface area contributed by atoms with E-state index in [1.807, 2.05) is 0 Å². The molecule has 136 valence electrons. The standard InChI is InChI=1S/C14H14Cl3N3O5/c15-5-1-4-7(2-6(5)16)20(12(17)9(4)13(18)19-24)14-11(23)10(22)8(3-21)25-14/h1-2,8,10-11,14,21-24H,3H2,(H2,18,19)/t8-,10-,11-,14-/m1/s1. The number of hydrogen-bond donors (Lipinski definition) is 5. The third kappa shape index (κ3) is 2.83. The maximum Gasteiger partial charge on any atom is 0.173 e. The van der Waals surface area contributed by atoms with Gasteiger partial charge in [0.1, 0.15) is 23.5 Å². The second kappa shape index (κ2) is 6.81. The molecule has 3 rings (SSSR count). The van der Waals surface area contributed by atoms with Crippen LogP contribution in [0.15, 0.2) is 17.3 Å². The number of benzene rings is 1. The molecule has 0 amide bonds. The number of nitrogens with two attached hydrogens (primary N) is 1. The number of rotatable bonds is 3. The molecule has 25 heavy (non-hydrogen) atoms. The largest absolute Gasteiger partial charge is 0.409 e. The highest BCUT2D eigenvalue weighted by Crippen LogP contribution is 2.41. The Morgan fingerprint density at radius 3 is 2.40 bits per heavy atom. The van der Waals surface area contributed by atoms with E-state index < -0.39 is 31.1 Å². The fourth-order valence-electron chi connectivity index (χ4n) is 2.91. The second-order valence-electron chi connectivity index (χ2n) is 5.53. The Hall–Kier alpha value is -1.26. The number of aliphatic hydroxyl groups excluding tert-OH is 3. The summed E-state index contributed by atoms with van der Waals surface area (Å²) in [6.07, 6.45) is -4.82. The highest BCUT2D eigenvalue weighted by molar-refractivity contribution is 6.43. The zero-order valence-corrected chi connectivity index (χ0v) is 14.7. The lowest BCUT2D eigenvalue weighted by molar-refractivity contribution is -0.0505. The maximum absolute atomic E-state index is 10.3. The maximum atomic E-state index is 10.3. The minimum absolute atomic E-state index is 0.0153. The van der Waals surface area contributed by atoms with E-state index in [9.17, 15) is 15.3 Å². The molecule has 2 heterocycles. The van der Waals surface area contributed by atoms with Crippen molar-refractivity contribution < 1.29 is 25.3 Å². The average molecular weight is 411 g/mol. The quantitative estimate of drug-likeness (QED) is 0.224. The van der Waals surface area contributed by atoms with Gasteiger partial charge in [0.25, 0.3) is 0 Å². The lowest BCUT2D eigenvalue weighted by atomic mass is 10.1. The van der Waals surface area contributed by atoms with Gasteiger partial charge in [-0.1, -0.05) is 40.0 Å². The van der Waals surface area contributed by atoms with Gasteiger partial charge in [0.05, 0.1) is 27.7 Å². The summed E-state index contributed by atoms with van der Waals surface area (Å²) in [6, 6.07) is 2.96. The first kappa shape index (κ1) is 18.5. The van der Waals surface area contributed by atoms with Crippen molar-refractivity contribution >= 4 is 51.5 Å². The SMILES string of the molecule is N/C(=N\O)c1c(Cl)n([C@@H]2O[C@H](CO)[C@@H](O)[C@H]2O)c2cc(Cl)c(Cl)cc12. The summed E-state index contributed by atoms with van der Waals surface area (Å²) in [5, 5.41) is 42.3. The number of hydrogen-bond acceptors (Lipinski definition) is 6. The van der Waals surface area contributed by atoms with Gasteiger partial charge in [-0.3, -0.25) is 0 Å². The number of ether oxygens (including phenoxy) is 1. The fourth-order valence-corrected chi connectivity index (χ4v) is 3.62. The first-order valence-corrected chi connectivity index (χ1v) is 8.24. The molecule has 1 fully saturated rings. The molecule has 0 spiro atoms. The molecule has 0 radical (unpaired) electrons. The highest BCUT2D eigenvalue weighted by atomic mass is 35.5. The molecule has 0 aliphatic carbocycles. The van der Waals surface area contributed by atoms with Crippen LogP contribution in [-0.2, 0) is 4.74 Å². The summed E-state index contributed by atoms with van der Waals surface area (Å²) in [6.45, 7) is -0.495. The first-order valence-electron chi connectivity index (χ1n) is 7.10. The molecule has 2 aromatic rings. The highest BCUT2D eigenvalue weighted by Gasteiger charge is 2.45. The van der Waals surface area contributed by atoms with Crippen LogP contribution in [0.3, 0.4) is 0 Å². The van der Waals surface area contributed by atoms with Crippen molar-refractivity contribution in [3.05, 3.63) is 32.9 Å². The normalized spacial score (nSPS) is 27.4. The predicted molar refractivity (Wildman–Crippen MR) is 92.5 cm³/mol. The van der Waals surface area contributed by atoms with Gasteiger partial charge in [-0.15, -0.1) is 0 Å². The van der Waals surface area contributed by atoms with Crippen molar-refractivity contribution in [2.45, 2.75) is 24.5 Å². The molecule has 4 atom stereocenters. The van der Waals surface area contributed by atoms with Crippen LogP contribution in [0.4, 0.5) is 0 Å². The van der Waals surface area contributed by atoms with Crippen LogP contribution in [0.5, 0.6) is 0 Å². The summed E-state index contributed by atoms with van der Waals surface area (Å²) in [5.41, 5.74) is 6.26. The van der Waals surface area contributed by atoms with Crippen LogP contribution >= 0.6 is 34.8 Å². The van der Waals surface area contributed by atoms with Crippen LogP contribution in [-0.4, -0.2) is 55.8 Å². The third-order valence-electron chi connectivity index (χ3n) is 4.12. The summed E-state index contributed by atoms with van der Waals surface area (Å²) in [5.74, 6) is -0.279. The van der Waals surface area contributed by atoms with Gasteiger partial charge in [-0.25, -0.2) is 0 Å². The smallest absolute Gasteiger partial charge is 0.173 e. The molecule has 1 aromatic carbocycles. The Bertz CT molecular complexity index is 856. The number of amidine groups is 1. The summed E-state index contributed by atoms with van der Waals surface area (Å²) >= 11 is 18.5. The van der Waals surface area contributed by atoms with E-state index in [1.54, 1.807) is 0 Å². The molecule has 0 bridgehead atoms. The second-order valence-corrected chi connectivity index (χ2v) is 6.71. The van der Waals surface area contributed by atoms with Crippen LogP contribution in [0, 0.1) is 0 Å². The Morgan fingerprint density at radius 1 is 1.20 bits per heavy atom. The van der Waals surface area contributed by atoms with Gasteiger partial charge in [0, 0.05) is 5.39 Å². The van der Waals surface area contributed by atoms with Crippen molar-refractivity contribution in [3.8, 4) is 0 Å². The van der Waals surface area contributed by atoms with Crippen molar-refractivity contribution in [2.24, 2.45) is 10.9 Å². The lowest BCUT2D eigenvalue weighted by Gasteiger charge is -2.19. The third-order valence-corrected chi connectivity index (χ3v) is 5.21. The number of halogens is 3. The van der Waals surface area contributed by atoms with E-state index in [1.165, 1.54) is 16.7 Å². The zero-order valence-electron chi connectivity index (χ0n) is 12.5. The summed E-state index contributed by atoms with van der Waals surface area (Å²) in [4.78, 5) is 0. The van der Waals surface area contributed by atoms with Gasteiger partial charge in [0.2, 0.25) is 0 Å². The number of aliphatic hydroxyl groups is 3. The molecular weight excluding hydrogens is 397 g/mol. The number of fused-ring (bicyclic) bond motifs is 1. The number of nitrogens with zero attached hydrogens (tertiary/aromatic N) is 2. The van der Waals surface area contributed by atoms with E-state index in [4.69, 9.17) is 50.5 Å². The Balaban J connectivity index is 2.29. The average Bonchev–Trinajstić information content (AvgIpc) is 3.01. The van der Waals surface area contributed by atoms with Crippen molar-refractivity contribution in [1.82, 2.24) is 4.57 Å². The van der Waals surface area contributed by atoms with Crippen LogP contribution in [0.25, 0.3) is 10.9 Å². The van der Waals surface area contributed by atoms with E-state index in [0.29, 0.717) is 10.9 Å². The molecule has 1 aliphatic rings. The molecule has 1 aromatic heterocycles. The van der Waals surface area contributed by atoms with E-state index in [0.717, 1.165) is 0 Å².